The molecule has 0 fully saturated rings. The first-order valence-electron chi connectivity index (χ1n) is 8.48. The van der Waals surface area contributed by atoms with Gasteiger partial charge in [-0.3, -0.25) is 9.59 Å². The lowest BCUT2D eigenvalue weighted by Crippen LogP contribution is -2.30. The number of benzene rings is 2. The number of rotatable bonds is 8. The highest BCUT2D eigenvalue weighted by Gasteiger charge is 2.19. The van der Waals surface area contributed by atoms with Crippen LogP contribution in [0.4, 0.5) is 5.69 Å². The molecule has 7 heteroatoms. The Balaban J connectivity index is 1.91. The molecule has 0 saturated carbocycles. The quantitative estimate of drug-likeness (QED) is 0.691. The summed E-state index contributed by atoms with van der Waals surface area (Å²) in [5.74, 6) is 0.267. The number of carbonyl (C=O) groups is 2. The van der Waals surface area contributed by atoms with Crippen LogP contribution >= 0.6 is 11.6 Å². The van der Waals surface area contributed by atoms with Gasteiger partial charge in [-0.15, -0.1) is 0 Å². The van der Waals surface area contributed by atoms with Gasteiger partial charge in [-0.05, 0) is 56.3 Å². The van der Waals surface area contributed by atoms with Gasteiger partial charge >= 0.3 is 5.97 Å². The number of carbonyl (C=O) groups excluding carboxylic acids is 2. The standard InChI is InChI=1S/C20H22ClNO5/c1-4-26-17-8-6-16(7-9-17)22-20(24)13(2)27-19(23)12-14-11-15(21)5-10-18(14)25-3/h5-11,13H,4,12H2,1-3H3,(H,22,24)/t13-/m0/s1. The van der Waals surface area contributed by atoms with E-state index in [9.17, 15) is 9.59 Å². The van der Waals surface area contributed by atoms with Crippen LogP contribution in [0.2, 0.25) is 5.02 Å². The van der Waals surface area contributed by atoms with Crippen LogP contribution < -0.4 is 14.8 Å². The molecule has 2 aromatic rings. The Morgan fingerprint density at radius 2 is 1.85 bits per heavy atom. The van der Waals surface area contributed by atoms with Crippen molar-refractivity contribution in [1.29, 1.82) is 0 Å². The fraction of sp³-hybridized carbons (Fsp3) is 0.300. The third-order valence-corrected chi connectivity index (χ3v) is 3.92. The summed E-state index contributed by atoms with van der Waals surface area (Å²) in [7, 11) is 1.50. The Kier molecular flexibility index (Phi) is 7.49. The molecule has 0 bridgehead atoms. The summed E-state index contributed by atoms with van der Waals surface area (Å²) in [4.78, 5) is 24.4. The number of ether oxygens (including phenoxy) is 3. The molecule has 1 N–H and O–H groups in total. The van der Waals surface area contributed by atoms with E-state index in [0.717, 1.165) is 0 Å². The van der Waals surface area contributed by atoms with E-state index >= 15 is 0 Å². The fourth-order valence-corrected chi connectivity index (χ4v) is 2.57. The van der Waals surface area contributed by atoms with Gasteiger partial charge in [0.2, 0.25) is 0 Å². The number of amides is 1. The van der Waals surface area contributed by atoms with E-state index in [2.05, 4.69) is 5.32 Å². The Labute approximate surface area is 163 Å². The molecule has 0 aromatic heterocycles. The van der Waals surface area contributed by atoms with Crippen LogP contribution in [0, 0.1) is 0 Å². The normalized spacial score (nSPS) is 11.4. The predicted octanol–water partition coefficient (Wildman–Crippen LogP) is 3.86. The molecule has 0 unspecified atom stereocenters. The zero-order chi connectivity index (χ0) is 19.8. The zero-order valence-electron chi connectivity index (χ0n) is 15.5. The van der Waals surface area contributed by atoms with Crippen molar-refractivity contribution in [2.45, 2.75) is 26.4 Å². The minimum Gasteiger partial charge on any atom is -0.496 e. The van der Waals surface area contributed by atoms with Crippen LogP contribution in [0.5, 0.6) is 11.5 Å². The maximum Gasteiger partial charge on any atom is 0.311 e. The summed E-state index contributed by atoms with van der Waals surface area (Å²) in [5, 5.41) is 3.18. The van der Waals surface area contributed by atoms with Crippen molar-refractivity contribution in [3.8, 4) is 11.5 Å². The molecule has 2 aromatic carbocycles. The maximum atomic E-state index is 12.2. The fourth-order valence-electron chi connectivity index (χ4n) is 2.38. The first kappa shape index (κ1) is 20.6. The smallest absolute Gasteiger partial charge is 0.311 e. The third-order valence-electron chi connectivity index (χ3n) is 3.69. The van der Waals surface area contributed by atoms with Crippen LogP contribution in [0.25, 0.3) is 0 Å². The Hall–Kier alpha value is -2.73. The van der Waals surface area contributed by atoms with Crippen LogP contribution in [0.1, 0.15) is 19.4 Å². The van der Waals surface area contributed by atoms with E-state index in [4.69, 9.17) is 25.8 Å². The molecule has 144 valence electrons. The minimum absolute atomic E-state index is 0.0512. The molecular weight excluding hydrogens is 370 g/mol. The van der Waals surface area contributed by atoms with Crippen LogP contribution in [0.3, 0.4) is 0 Å². The molecule has 0 saturated heterocycles. The SMILES string of the molecule is CCOc1ccc(NC(=O)[C@H](C)OC(=O)Cc2cc(Cl)ccc2OC)cc1. The van der Waals surface area contributed by atoms with Gasteiger partial charge in [0.25, 0.3) is 5.91 Å². The molecule has 0 aliphatic carbocycles. The summed E-state index contributed by atoms with van der Waals surface area (Å²) in [6.45, 7) is 3.97. The summed E-state index contributed by atoms with van der Waals surface area (Å²) in [6.07, 6.45) is -1.00. The number of anilines is 1. The molecule has 0 spiro atoms. The predicted molar refractivity (Wildman–Crippen MR) is 104 cm³/mol. The van der Waals surface area contributed by atoms with Crippen LogP contribution in [-0.4, -0.2) is 31.7 Å². The largest absolute Gasteiger partial charge is 0.496 e. The molecule has 1 amide bonds. The minimum atomic E-state index is -0.950. The van der Waals surface area contributed by atoms with Crippen molar-refractivity contribution in [2.24, 2.45) is 0 Å². The van der Waals surface area contributed by atoms with Gasteiger partial charge in [0, 0.05) is 16.3 Å². The molecule has 0 heterocycles. The zero-order valence-corrected chi connectivity index (χ0v) is 16.2. The van der Waals surface area contributed by atoms with Crippen molar-refractivity contribution in [3.63, 3.8) is 0 Å². The number of hydrogen-bond acceptors (Lipinski definition) is 5. The van der Waals surface area contributed by atoms with Gasteiger partial charge in [-0.25, -0.2) is 0 Å². The Morgan fingerprint density at radius 3 is 2.48 bits per heavy atom. The summed E-state index contributed by atoms with van der Waals surface area (Å²) in [5.41, 5.74) is 1.18. The van der Waals surface area contributed by atoms with Gasteiger partial charge in [0.15, 0.2) is 6.10 Å². The Bertz CT molecular complexity index is 791. The average molecular weight is 392 g/mol. The topological polar surface area (TPSA) is 73.9 Å². The lowest BCUT2D eigenvalue weighted by molar-refractivity contribution is -0.152. The number of nitrogens with one attached hydrogen (secondary N) is 1. The molecule has 0 radical (unpaired) electrons. The molecule has 2 rings (SSSR count). The maximum absolute atomic E-state index is 12.2. The lowest BCUT2D eigenvalue weighted by atomic mass is 10.1. The monoisotopic (exact) mass is 391 g/mol. The molecular formula is C20H22ClNO5. The van der Waals surface area contributed by atoms with E-state index in [1.807, 2.05) is 6.92 Å². The average Bonchev–Trinajstić information content (AvgIpc) is 2.63. The second-order valence-corrected chi connectivity index (χ2v) is 6.15. The summed E-state index contributed by atoms with van der Waals surface area (Å²) in [6, 6.07) is 11.9. The van der Waals surface area contributed by atoms with Gasteiger partial charge in [0.05, 0.1) is 20.1 Å². The van der Waals surface area contributed by atoms with E-state index in [0.29, 0.717) is 34.4 Å². The summed E-state index contributed by atoms with van der Waals surface area (Å²) < 4.78 is 15.8. The number of hydrogen-bond donors (Lipinski definition) is 1. The second-order valence-electron chi connectivity index (χ2n) is 5.71. The van der Waals surface area contributed by atoms with Gasteiger partial charge in [0.1, 0.15) is 11.5 Å². The van der Waals surface area contributed by atoms with Crippen molar-refractivity contribution in [1.82, 2.24) is 0 Å². The molecule has 0 aliphatic rings. The van der Waals surface area contributed by atoms with E-state index < -0.39 is 18.0 Å². The molecule has 6 nitrogen and oxygen atoms in total. The Morgan fingerprint density at radius 1 is 1.15 bits per heavy atom. The van der Waals surface area contributed by atoms with Crippen molar-refractivity contribution in [2.75, 3.05) is 19.0 Å². The van der Waals surface area contributed by atoms with Crippen molar-refractivity contribution < 1.29 is 23.8 Å². The first-order valence-corrected chi connectivity index (χ1v) is 8.86. The molecule has 27 heavy (non-hydrogen) atoms. The van der Waals surface area contributed by atoms with E-state index in [-0.39, 0.29) is 6.42 Å². The van der Waals surface area contributed by atoms with Gasteiger partial charge in [-0.2, -0.15) is 0 Å². The molecule has 1 atom stereocenters. The highest BCUT2D eigenvalue weighted by atomic mass is 35.5. The van der Waals surface area contributed by atoms with E-state index in [1.165, 1.54) is 14.0 Å². The summed E-state index contributed by atoms with van der Waals surface area (Å²) >= 11 is 5.95. The highest BCUT2D eigenvalue weighted by molar-refractivity contribution is 6.30. The van der Waals surface area contributed by atoms with Crippen LogP contribution in [0.15, 0.2) is 42.5 Å². The van der Waals surface area contributed by atoms with Crippen molar-refractivity contribution >= 4 is 29.2 Å². The van der Waals surface area contributed by atoms with Gasteiger partial charge < -0.3 is 19.5 Å². The van der Waals surface area contributed by atoms with Gasteiger partial charge in [-0.1, -0.05) is 11.6 Å². The number of esters is 1. The first-order chi connectivity index (χ1) is 12.9. The third kappa shape index (κ3) is 6.18. The number of halogens is 1. The lowest BCUT2D eigenvalue weighted by Gasteiger charge is -2.15. The highest BCUT2D eigenvalue weighted by Crippen LogP contribution is 2.23. The number of methoxy groups -OCH3 is 1. The van der Waals surface area contributed by atoms with Crippen LogP contribution in [-0.2, 0) is 20.7 Å². The second kappa shape index (κ2) is 9.83. The molecule has 0 aliphatic heterocycles. The van der Waals surface area contributed by atoms with E-state index in [1.54, 1.807) is 42.5 Å². The van der Waals surface area contributed by atoms with Crippen molar-refractivity contribution in [3.05, 3.63) is 53.1 Å².